The summed E-state index contributed by atoms with van der Waals surface area (Å²) in [6.45, 7) is 29.7. The third kappa shape index (κ3) is 7.09. The van der Waals surface area contributed by atoms with Gasteiger partial charge in [0.25, 0.3) is 6.71 Å². The van der Waals surface area contributed by atoms with Crippen LogP contribution in [0.5, 0.6) is 0 Å². The predicted molar refractivity (Wildman–Crippen MR) is 240 cm³/mol. The maximum atomic E-state index is 12.6. The number of rotatable bonds is 5. The summed E-state index contributed by atoms with van der Waals surface area (Å²) in [6.07, 6.45) is 4.35. The van der Waals surface area contributed by atoms with Crippen molar-refractivity contribution in [1.82, 2.24) is 0 Å². The van der Waals surface area contributed by atoms with E-state index in [2.05, 4.69) is 192 Å². The highest BCUT2D eigenvalue weighted by molar-refractivity contribution is 6.93. The van der Waals surface area contributed by atoms with Crippen molar-refractivity contribution in [2.45, 2.75) is 130 Å². The number of aryl methyl sites for hydroxylation is 1. The van der Waals surface area contributed by atoms with Gasteiger partial charge in [-0.2, -0.15) is 0 Å². The van der Waals surface area contributed by atoms with E-state index in [4.69, 9.17) is 0 Å². The van der Waals surface area contributed by atoms with Gasteiger partial charge in [-0.15, -0.1) is 0 Å². The molecule has 0 aromatic heterocycles. The highest BCUT2D eigenvalue weighted by Gasteiger charge is 2.42. The molecule has 5 aromatic carbocycles. The predicted octanol–water partition coefficient (Wildman–Crippen LogP) is 13.3. The minimum Gasteiger partial charge on any atom is -0.522 e. The topological polar surface area (TPSA) is 23.5 Å². The van der Waals surface area contributed by atoms with Gasteiger partial charge in [-0.1, -0.05) is 156 Å². The van der Waals surface area contributed by atoms with Crippen LogP contribution in [0.15, 0.2) is 103 Å². The number of anilines is 3. The Morgan fingerprint density at radius 3 is 1.89 bits per heavy atom. The van der Waals surface area contributed by atoms with Gasteiger partial charge in [-0.25, -0.2) is 0 Å². The molecule has 5 aromatic rings. The molecule has 0 saturated heterocycles. The van der Waals surface area contributed by atoms with Gasteiger partial charge in [0.15, 0.2) is 0 Å². The molecule has 0 amide bonds. The number of hydrogen-bond acceptors (Lipinski definition) is 2. The lowest BCUT2D eigenvalue weighted by Crippen LogP contribution is -2.52. The minimum atomic E-state index is -0.333. The lowest BCUT2D eigenvalue weighted by atomic mass is 9.37. The third-order valence-electron chi connectivity index (χ3n) is 12.8. The van der Waals surface area contributed by atoms with Crippen LogP contribution in [-0.4, -0.2) is 11.8 Å². The molecule has 0 bridgehead atoms. The van der Waals surface area contributed by atoms with Crippen LogP contribution in [0.2, 0.25) is 0 Å². The average Bonchev–Trinajstić information content (AvgIpc) is 3.12. The number of fused-ring (bicyclic) bond motifs is 3. The summed E-state index contributed by atoms with van der Waals surface area (Å²) in [5.74, 6) is 0.340. The molecule has 0 saturated carbocycles. The van der Waals surface area contributed by atoms with Crippen molar-refractivity contribution in [2.24, 2.45) is 0 Å². The second kappa shape index (κ2) is 13.6. The number of aliphatic hydroxyl groups is 1. The van der Waals surface area contributed by atoms with Crippen LogP contribution in [0.1, 0.15) is 141 Å². The minimum absolute atomic E-state index is 0.00108. The molecule has 0 unspecified atom stereocenters. The van der Waals surface area contributed by atoms with E-state index < -0.39 is 0 Å². The molecule has 55 heavy (non-hydrogen) atoms. The average molecular weight is 728 g/mol. The Labute approximate surface area is 332 Å². The van der Waals surface area contributed by atoms with Gasteiger partial charge < -0.3 is 10.0 Å². The molecule has 0 atom stereocenters. The fourth-order valence-corrected chi connectivity index (χ4v) is 8.83. The van der Waals surface area contributed by atoms with Crippen LogP contribution in [0.3, 0.4) is 0 Å². The standard InChI is InChI=1S/C52H62BNO/c1-33(2)36-20-24-45-44(28-36)53(48(55)29-37-27-38(49(4,5)6)21-19-34(37)3)43-23-22-39(50(7,8)9)30-47(43)54(45)46-32-42-41(51(10,11)25-26-52(42,12)13)31-40(46)35-17-15-14-16-18-35/h14-24,27-33,55H,25-26H2,1-13H3/b48-29-. The highest BCUT2D eigenvalue weighted by atomic mass is 16.3. The van der Waals surface area contributed by atoms with Gasteiger partial charge in [-0.05, 0) is 133 Å². The zero-order valence-electron chi connectivity index (χ0n) is 35.8. The number of nitrogens with zero attached hydrogens (tertiary/aromatic N) is 1. The number of benzene rings is 5. The van der Waals surface area contributed by atoms with Gasteiger partial charge >= 0.3 is 0 Å². The van der Waals surface area contributed by atoms with Crippen molar-refractivity contribution in [3.8, 4) is 11.1 Å². The molecule has 0 spiro atoms. The van der Waals surface area contributed by atoms with Crippen molar-refractivity contribution in [2.75, 3.05) is 4.90 Å². The monoisotopic (exact) mass is 727 g/mol. The highest BCUT2D eigenvalue weighted by Crippen LogP contribution is 2.52. The molecule has 3 heteroatoms. The van der Waals surface area contributed by atoms with Crippen LogP contribution in [0.25, 0.3) is 17.2 Å². The Morgan fingerprint density at radius 1 is 0.673 bits per heavy atom. The molecule has 0 radical (unpaired) electrons. The first kappa shape index (κ1) is 38.8. The van der Waals surface area contributed by atoms with Crippen LogP contribution in [-0.2, 0) is 21.7 Å². The smallest absolute Gasteiger partial charge is 0.290 e. The quantitative estimate of drug-likeness (QED) is 0.144. The molecular weight excluding hydrogens is 665 g/mol. The first-order chi connectivity index (χ1) is 25.7. The van der Waals surface area contributed by atoms with Gasteiger partial charge in [-0.3, -0.25) is 0 Å². The summed E-state index contributed by atoms with van der Waals surface area (Å²) in [7, 11) is 0. The van der Waals surface area contributed by atoms with E-state index in [1.807, 2.05) is 6.08 Å². The summed E-state index contributed by atoms with van der Waals surface area (Å²) in [5.41, 5.74) is 17.5. The van der Waals surface area contributed by atoms with E-state index in [0.717, 1.165) is 46.3 Å². The molecule has 1 N–H and O–H groups in total. The molecule has 0 fully saturated rings. The second-order valence-electron chi connectivity index (χ2n) is 20.2. The maximum absolute atomic E-state index is 12.6. The van der Waals surface area contributed by atoms with E-state index >= 15 is 0 Å². The molecule has 2 aliphatic rings. The second-order valence-corrected chi connectivity index (χ2v) is 20.2. The molecule has 1 heterocycles. The van der Waals surface area contributed by atoms with Crippen LogP contribution >= 0.6 is 0 Å². The van der Waals surface area contributed by atoms with E-state index in [0.29, 0.717) is 11.6 Å². The van der Waals surface area contributed by atoms with E-state index in [1.165, 1.54) is 44.6 Å². The normalized spacial score (nSPS) is 16.5. The van der Waals surface area contributed by atoms with Gasteiger partial charge in [0.1, 0.15) is 0 Å². The first-order valence-corrected chi connectivity index (χ1v) is 20.5. The number of aliphatic hydroxyl groups excluding tert-OH is 1. The summed E-state index contributed by atoms with van der Waals surface area (Å²) in [6, 6.07) is 36.7. The Morgan fingerprint density at radius 2 is 1.27 bits per heavy atom. The van der Waals surface area contributed by atoms with E-state index in [-0.39, 0.29) is 28.4 Å². The molecule has 2 nitrogen and oxygen atoms in total. The fourth-order valence-electron chi connectivity index (χ4n) is 8.83. The molecular formula is C52H62BNO. The first-order valence-electron chi connectivity index (χ1n) is 20.5. The Bertz CT molecular complexity index is 2290. The van der Waals surface area contributed by atoms with Crippen LogP contribution in [0.4, 0.5) is 17.1 Å². The lowest BCUT2D eigenvalue weighted by Gasteiger charge is -2.44. The van der Waals surface area contributed by atoms with Crippen molar-refractivity contribution in [3.05, 3.63) is 142 Å². The van der Waals surface area contributed by atoms with E-state index in [1.54, 1.807) is 0 Å². The molecule has 284 valence electrons. The summed E-state index contributed by atoms with van der Waals surface area (Å²) < 4.78 is 0. The number of hydrogen-bond donors (Lipinski definition) is 1. The molecule has 1 aliphatic heterocycles. The van der Waals surface area contributed by atoms with Crippen molar-refractivity contribution < 1.29 is 5.11 Å². The lowest BCUT2D eigenvalue weighted by molar-refractivity contribution is 0.332. The van der Waals surface area contributed by atoms with Crippen LogP contribution in [0, 0.1) is 6.92 Å². The fraction of sp³-hybridized carbons (Fsp3) is 0.385. The zero-order chi connectivity index (χ0) is 39.8. The zero-order valence-corrected chi connectivity index (χ0v) is 35.8. The SMILES string of the molecule is Cc1ccc(C(C)(C)C)cc1/C=C(\O)B1c2cc(C(C)C)ccc2N(c2cc3c(cc2-c2ccccc2)C(C)(C)CCC3(C)C)c2cc(C(C)(C)C)ccc21. The van der Waals surface area contributed by atoms with Crippen molar-refractivity contribution >= 4 is 40.8 Å². The van der Waals surface area contributed by atoms with Crippen LogP contribution < -0.4 is 15.8 Å². The molecule has 1 aliphatic carbocycles. The van der Waals surface area contributed by atoms with Gasteiger partial charge in [0.05, 0.1) is 11.3 Å². The maximum Gasteiger partial charge on any atom is 0.290 e. The summed E-state index contributed by atoms with van der Waals surface area (Å²) in [5, 5.41) is 12.6. The Kier molecular flexibility index (Phi) is 9.59. The summed E-state index contributed by atoms with van der Waals surface area (Å²) in [4.78, 5) is 2.54. The van der Waals surface area contributed by atoms with E-state index in [9.17, 15) is 5.11 Å². The third-order valence-corrected chi connectivity index (χ3v) is 12.8. The van der Waals surface area contributed by atoms with Crippen molar-refractivity contribution in [3.63, 3.8) is 0 Å². The van der Waals surface area contributed by atoms with Crippen molar-refractivity contribution in [1.29, 1.82) is 0 Å². The summed E-state index contributed by atoms with van der Waals surface area (Å²) >= 11 is 0. The molecule has 7 rings (SSSR count). The van der Waals surface area contributed by atoms with Gasteiger partial charge in [0, 0.05) is 16.9 Å². The van der Waals surface area contributed by atoms with Gasteiger partial charge in [0.2, 0.25) is 0 Å². The Hall–Kier alpha value is -4.50. The largest absolute Gasteiger partial charge is 0.522 e. The Balaban J connectivity index is 1.57.